The van der Waals surface area contributed by atoms with Crippen molar-refractivity contribution in [3.63, 3.8) is 0 Å². The van der Waals surface area contributed by atoms with Gasteiger partial charge in [-0.2, -0.15) is 0 Å². The molecule has 3 heteroatoms. The Balaban J connectivity index is 1.52. The minimum Gasteiger partial charge on any atom is -0.489 e. The second-order valence-corrected chi connectivity index (χ2v) is 5.70. The fourth-order valence-electron chi connectivity index (χ4n) is 2.42. The van der Waals surface area contributed by atoms with E-state index in [-0.39, 0.29) is 12.4 Å². The van der Waals surface area contributed by atoms with Crippen LogP contribution in [-0.4, -0.2) is 12.4 Å². The molecule has 0 saturated heterocycles. The van der Waals surface area contributed by atoms with Crippen LogP contribution in [0, 0.1) is 0 Å². The molecule has 3 nitrogen and oxygen atoms in total. The third-order valence-corrected chi connectivity index (χ3v) is 3.75. The monoisotopic (exact) mass is 332 g/mol. The highest BCUT2D eigenvalue weighted by atomic mass is 16.5. The van der Waals surface area contributed by atoms with E-state index in [9.17, 15) is 4.79 Å². The summed E-state index contributed by atoms with van der Waals surface area (Å²) >= 11 is 0. The van der Waals surface area contributed by atoms with Gasteiger partial charge in [0.05, 0.1) is 6.61 Å². The first-order valence-electron chi connectivity index (χ1n) is 8.23. The van der Waals surface area contributed by atoms with Crippen LogP contribution in [0.3, 0.4) is 0 Å². The Kier molecular flexibility index (Phi) is 5.96. The van der Waals surface area contributed by atoms with Gasteiger partial charge in [0.25, 0.3) is 0 Å². The molecule has 25 heavy (non-hydrogen) atoms. The largest absolute Gasteiger partial charge is 0.489 e. The summed E-state index contributed by atoms with van der Waals surface area (Å²) in [5.41, 5.74) is 2.74. The topological polar surface area (TPSA) is 35.5 Å². The Hall–Kier alpha value is -2.91. The lowest BCUT2D eigenvalue weighted by molar-refractivity contribution is 0.0726. The molecule has 0 N–H and O–H groups in total. The van der Waals surface area contributed by atoms with Gasteiger partial charge in [-0.25, -0.2) is 0 Å². The van der Waals surface area contributed by atoms with Crippen LogP contribution in [0.2, 0.25) is 0 Å². The summed E-state index contributed by atoms with van der Waals surface area (Å²) in [5.74, 6) is 0.624. The highest BCUT2D eigenvalue weighted by molar-refractivity contribution is 5.97. The van der Waals surface area contributed by atoms with Gasteiger partial charge in [-0.3, -0.25) is 4.79 Å². The molecule has 0 heterocycles. The highest BCUT2D eigenvalue weighted by Gasteiger charge is 2.07. The van der Waals surface area contributed by atoms with Crippen LogP contribution in [0.15, 0.2) is 84.9 Å². The van der Waals surface area contributed by atoms with E-state index in [1.54, 1.807) is 12.1 Å². The van der Waals surface area contributed by atoms with Crippen molar-refractivity contribution < 1.29 is 14.3 Å². The van der Waals surface area contributed by atoms with Crippen molar-refractivity contribution >= 4 is 5.78 Å². The Morgan fingerprint density at radius 3 is 2.04 bits per heavy atom. The van der Waals surface area contributed by atoms with E-state index < -0.39 is 0 Å². The highest BCUT2D eigenvalue weighted by Crippen LogP contribution is 2.16. The van der Waals surface area contributed by atoms with Crippen LogP contribution in [0.1, 0.15) is 21.5 Å². The van der Waals surface area contributed by atoms with E-state index >= 15 is 0 Å². The minimum atomic E-state index is -0.0545. The van der Waals surface area contributed by atoms with E-state index in [0.717, 1.165) is 11.1 Å². The van der Waals surface area contributed by atoms with Crippen molar-refractivity contribution in [3.8, 4) is 5.75 Å². The lowest BCUT2D eigenvalue weighted by atomic mass is 10.1. The standard InChI is InChI=1S/C22H20O3/c23-22(17-24-15-18-8-3-1-4-9-18)20-12-7-13-21(14-20)25-16-19-10-5-2-6-11-19/h1-14H,15-17H2. The van der Waals surface area contributed by atoms with Crippen LogP contribution >= 0.6 is 0 Å². The summed E-state index contributed by atoms with van der Waals surface area (Å²) < 4.78 is 11.3. The third kappa shape index (κ3) is 5.30. The lowest BCUT2D eigenvalue weighted by Gasteiger charge is -2.08. The van der Waals surface area contributed by atoms with Gasteiger partial charge in [-0.05, 0) is 23.3 Å². The first-order chi connectivity index (χ1) is 12.3. The maximum atomic E-state index is 12.3. The SMILES string of the molecule is O=C(COCc1ccccc1)c1cccc(OCc2ccccc2)c1. The first-order valence-corrected chi connectivity index (χ1v) is 8.23. The van der Waals surface area contributed by atoms with E-state index in [0.29, 0.717) is 24.5 Å². The average Bonchev–Trinajstić information content (AvgIpc) is 2.68. The zero-order valence-electron chi connectivity index (χ0n) is 13.9. The fourth-order valence-corrected chi connectivity index (χ4v) is 2.42. The molecule has 3 aromatic carbocycles. The molecule has 0 aliphatic rings. The molecule has 0 fully saturated rings. The van der Waals surface area contributed by atoms with Gasteiger partial charge in [0.15, 0.2) is 5.78 Å². The van der Waals surface area contributed by atoms with Crippen molar-refractivity contribution in [2.24, 2.45) is 0 Å². The Morgan fingerprint density at radius 2 is 1.36 bits per heavy atom. The van der Waals surface area contributed by atoms with Gasteiger partial charge in [0.1, 0.15) is 19.0 Å². The Morgan fingerprint density at radius 1 is 0.720 bits per heavy atom. The second-order valence-electron chi connectivity index (χ2n) is 5.70. The number of Topliss-reactive ketones (excluding diaryl/α,β-unsaturated/α-hetero) is 1. The number of carbonyl (C=O) groups excluding carboxylic acids is 1. The molecule has 0 amide bonds. The van der Waals surface area contributed by atoms with Crippen LogP contribution < -0.4 is 4.74 Å². The summed E-state index contributed by atoms with van der Waals surface area (Å²) in [6.45, 7) is 0.955. The molecule has 3 aromatic rings. The predicted molar refractivity (Wildman–Crippen MR) is 97.6 cm³/mol. The number of ketones is 1. The number of rotatable bonds is 8. The maximum Gasteiger partial charge on any atom is 0.188 e. The molecule has 126 valence electrons. The minimum absolute atomic E-state index is 0.0526. The summed E-state index contributed by atoms with van der Waals surface area (Å²) in [7, 11) is 0. The number of hydrogen-bond acceptors (Lipinski definition) is 3. The Bertz CT molecular complexity index is 798. The number of hydrogen-bond donors (Lipinski definition) is 0. The summed E-state index contributed by atoms with van der Waals surface area (Å²) in [6, 6.07) is 27.0. The molecule has 0 aliphatic heterocycles. The van der Waals surface area contributed by atoms with Gasteiger partial charge >= 0.3 is 0 Å². The van der Waals surface area contributed by atoms with Crippen LogP contribution in [0.25, 0.3) is 0 Å². The number of carbonyl (C=O) groups is 1. The van der Waals surface area contributed by atoms with Crippen molar-refractivity contribution in [1.29, 1.82) is 0 Å². The average molecular weight is 332 g/mol. The summed E-state index contributed by atoms with van der Waals surface area (Å²) in [5, 5.41) is 0. The predicted octanol–water partition coefficient (Wildman–Crippen LogP) is 4.67. The van der Waals surface area contributed by atoms with Crippen molar-refractivity contribution in [2.45, 2.75) is 13.2 Å². The smallest absolute Gasteiger partial charge is 0.188 e. The van der Waals surface area contributed by atoms with Gasteiger partial charge < -0.3 is 9.47 Å². The fraction of sp³-hybridized carbons (Fsp3) is 0.136. The second kappa shape index (κ2) is 8.81. The van der Waals surface area contributed by atoms with Gasteiger partial charge in [0, 0.05) is 5.56 Å². The molecule has 0 unspecified atom stereocenters. The van der Waals surface area contributed by atoms with E-state index in [1.807, 2.05) is 72.8 Å². The van der Waals surface area contributed by atoms with Crippen LogP contribution in [0.5, 0.6) is 5.75 Å². The van der Waals surface area contributed by atoms with Crippen LogP contribution in [0.4, 0.5) is 0 Å². The lowest BCUT2D eigenvalue weighted by Crippen LogP contribution is -2.09. The van der Waals surface area contributed by atoms with Crippen molar-refractivity contribution in [2.75, 3.05) is 6.61 Å². The van der Waals surface area contributed by atoms with Gasteiger partial charge in [-0.1, -0.05) is 72.8 Å². The third-order valence-electron chi connectivity index (χ3n) is 3.75. The molecular weight excluding hydrogens is 312 g/mol. The summed E-state index contributed by atoms with van der Waals surface area (Å²) in [6.07, 6.45) is 0. The maximum absolute atomic E-state index is 12.3. The van der Waals surface area contributed by atoms with Gasteiger partial charge in [-0.15, -0.1) is 0 Å². The molecule has 3 rings (SSSR count). The number of ether oxygens (including phenoxy) is 2. The molecule has 0 atom stereocenters. The normalized spacial score (nSPS) is 10.4. The number of benzene rings is 3. The van der Waals surface area contributed by atoms with E-state index in [1.165, 1.54) is 0 Å². The summed E-state index contributed by atoms with van der Waals surface area (Å²) in [4.78, 5) is 12.3. The Labute approximate surface area is 147 Å². The van der Waals surface area contributed by atoms with Gasteiger partial charge in [0.2, 0.25) is 0 Å². The molecule has 0 aromatic heterocycles. The zero-order valence-corrected chi connectivity index (χ0v) is 13.9. The molecule has 0 saturated carbocycles. The van der Waals surface area contributed by atoms with E-state index in [4.69, 9.17) is 9.47 Å². The molecule has 0 radical (unpaired) electrons. The molecule has 0 spiro atoms. The molecular formula is C22H20O3. The quantitative estimate of drug-likeness (QED) is 0.563. The zero-order chi connectivity index (χ0) is 17.3. The molecule has 0 aliphatic carbocycles. The van der Waals surface area contributed by atoms with Crippen LogP contribution in [-0.2, 0) is 18.0 Å². The van der Waals surface area contributed by atoms with Crippen molar-refractivity contribution in [3.05, 3.63) is 102 Å². The van der Waals surface area contributed by atoms with Crippen molar-refractivity contribution in [1.82, 2.24) is 0 Å². The van der Waals surface area contributed by atoms with E-state index in [2.05, 4.69) is 0 Å². The first kappa shape index (κ1) is 16.9. The molecule has 0 bridgehead atoms.